The maximum absolute atomic E-state index is 14.7. The fraction of sp³-hybridized carbons (Fsp3) is 0.391. The van der Waals surface area contributed by atoms with E-state index in [-0.39, 0.29) is 11.0 Å². The monoisotopic (exact) mass is 445 g/mol. The summed E-state index contributed by atoms with van der Waals surface area (Å²) in [6, 6.07) is 6.98. The Morgan fingerprint density at radius 2 is 1.69 bits per heavy atom. The molecule has 5 rings (SSSR count). The van der Waals surface area contributed by atoms with Crippen LogP contribution in [0.4, 0.5) is 19.0 Å². The molecule has 1 N–H and O–H groups in total. The van der Waals surface area contributed by atoms with Gasteiger partial charge in [-0.25, -0.2) is 23.1 Å². The number of nitrogens with one attached hydrogen (secondary N) is 1. The van der Waals surface area contributed by atoms with Gasteiger partial charge in [-0.15, -0.1) is 0 Å². The first-order chi connectivity index (χ1) is 15.3. The van der Waals surface area contributed by atoms with Gasteiger partial charge in [0.05, 0.1) is 35.8 Å². The first kappa shape index (κ1) is 20.8. The molecular formula is C23H22F3N3O3. The van der Waals surface area contributed by atoms with Crippen molar-refractivity contribution in [1.29, 1.82) is 0 Å². The fourth-order valence-corrected chi connectivity index (χ4v) is 4.00. The molecule has 0 saturated carbocycles. The number of fused-ring (bicyclic) bond motifs is 2. The first-order valence-electron chi connectivity index (χ1n) is 10.3. The molecule has 0 unspecified atom stereocenters. The fourth-order valence-electron chi connectivity index (χ4n) is 4.00. The molecule has 3 aromatic rings. The zero-order valence-electron chi connectivity index (χ0n) is 17.6. The van der Waals surface area contributed by atoms with Crippen molar-refractivity contribution in [2.45, 2.75) is 26.3 Å². The van der Waals surface area contributed by atoms with Gasteiger partial charge in [0.25, 0.3) is 6.43 Å². The minimum Gasteiger partial charge on any atom is -0.489 e. The quantitative estimate of drug-likeness (QED) is 0.611. The van der Waals surface area contributed by atoms with Crippen molar-refractivity contribution in [2.75, 3.05) is 31.7 Å². The highest BCUT2D eigenvalue weighted by Gasteiger charge is 2.42. The summed E-state index contributed by atoms with van der Waals surface area (Å²) >= 11 is 0. The molecule has 1 aromatic heterocycles. The number of nitrogens with zero attached hydrogens (tertiary/aromatic N) is 2. The number of benzene rings is 2. The van der Waals surface area contributed by atoms with Crippen LogP contribution >= 0.6 is 0 Å². The van der Waals surface area contributed by atoms with Crippen molar-refractivity contribution in [3.63, 3.8) is 0 Å². The Morgan fingerprint density at radius 1 is 1.00 bits per heavy atom. The average Bonchev–Trinajstić information content (AvgIpc) is 2.92. The van der Waals surface area contributed by atoms with Crippen LogP contribution in [0.15, 0.2) is 30.3 Å². The van der Waals surface area contributed by atoms with Crippen molar-refractivity contribution in [3.8, 4) is 11.5 Å². The maximum atomic E-state index is 14.7. The van der Waals surface area contributed by atoms with E-state index < -0.39 is 23.8 Å². The minimum atomic E-state index is -2.89. The van der Waals surface area contributed by atoms with Crippen LogP contribution in [0.3, 0.4) is 0 Å². The summed E-state index contributed by atoms with van der Waals surface area (Å²) in [5.74, 6) is 1.20. The number of ether oxygens (including phenoxy) is 3. The van der Waals surface area contributed by atoms with Gasteiger partial charge in [-0.05, 0) is 19.9 Å². The summed E-state index contributed by atoms with van der Waals surface area (Å²) in [6.45, 7) is 5.60. The molecule has 32 heavy (non-hydrogen) atoms. The number of halogens is 3. The van der Waals surface area contributed by atoms with Crippen molar-refractivity contribution in [2.24, 2.45) is 5.41 Å². The largest absolute Gasteiger partial charge is 0.489 e. The molecule has 0 amide bonds. The number of aryl methyl sites for hydroxylation is 1. The van der Waals surface area contributed by atoms with Crippen LogP contribution in [0.1, 0.15) is 36.3 Å². The van der Waals surface area contributed by atoms with E-state index in [9.17, 15) is 13.2 Å². The summed E-state index contributed by atoms with van der Waals surface area (Å²) in [4.78, 5) is 8.97. The maximum Gasteiger partial charge on any atom is 0.266 e. The van der Waals surface area contributed by atoms with E-state index in [0.29, 0.717) is 60.5 Å². The number of aromatic nitrogens is 2. The van der Waals surface area contributed by atoms with Crippen LogP contribution in [0.2, 0.25) is 0 Å². The van der Waals surface area contributed by atoms with E-state index in [4.69, 9.17) is 14.2 Å². The van der Waals surface area contributed by atoms with Gasteiger partial charge < -0.3 is 19.5 Å². The zero-order valence-corrected chi connectivity index (χ0v) is 17.6. The van der Waals surface area contributed by atoms with Gasteiger partial charge in [0.2, 0.25) is 0 Å². The second-order valence-corrected chi connectivity index (χ2v) is 8.42. The Bertz CT molecular complexity index is 1180. The molecule has 2 aliphatic rings. The number of anilines is 1. The third-order valence-corrected chi connectivity index (χ3v) is 5.87. The van der Waals surface area contributed by atoms with E-state index in [0.717, 1.165) is 6.07 Å². The van der Waals surface area contributed by atoms with Gasteiger partial charge in [-0.1, -0.05) is 18.2 Å². The third kappa shape index (κ3) is 3.60. The summed E-state index contributed by atoms with van der Waals surface area (Å²) in [6.07, 6.45) is -2.89. The standard InChI is InChI=1S/C23H22F3N3O3/c1-12(14-4-3-5-15(20(14)24)21(25)26)27-22-16-6-18-19(7-17(16)28-13(2)29-22)32-11-23(10-31-18)8-30-9-23/h3-7,12,21H,8-11H2,1-2H3,(H,27,28,29)/t12-/m1/s1. The Morgan fingerprint density at radius 3 is 2.34 bits per heavy atom. The summed E-state index contributed by atoms with van der Waals surface area (Å²) in [5.41, 5.74) is 0.00520. The van der Waals surface area contributed by atoms with E-state index in [1.807, 2.05) is 0 Å². The molecule has 1 atom stereocenters. The Hall–Kier alpha value is -3.07. The van der Waals surface area contributed by atoms with E-state index in [2.05, 4.69) is 15.3 Å². The molecule has 0 bridgehead atoms. The van der Waals surface area contributed by atoms with Gasteiger partial charge in [-0.2, -0.15) is 0 Å². The molecule has 0 radical (unpaired) electrons. The van der Waals surface area contributed by atoms with Gasteiger partial charge in [0.1, 0.15) is 30.7 Å². The van der Waals surface area contributed by atoms with Crippen molar-refractivity contribution in [1.82, 2.24) is 9.97 Å². The van der Waals surface area contributed by atoms with Gasteiger partial charge in [0.15, 0.2) is 11.5 Å². The minimum absolute atomic E-state index is 0.133. The zero-order chi connectivity index (χ0) is 22.5. The predicted octanol–water partition coefficient (Wildman–Crippen LogP) is 4.98. The Labute approximate surface area is 182 Å². The summed E-state index contributed by atoms with van der Waals surface area (Å²) in [7, 11) is 0. The van der Waals surface area contributed by atoms with E-state index >= 15 is 0 Å². The topological polar surface area (TPSA) is 65.5 Å². The van der Waals surface area contributed by atoms with Crippen molar-refractivity contribution in [3.05, 3.63) is 53.1 Å². The molecule has 2 aliphatic heterocycles. The SMILES string of the molecule is Cc1nc(N[C@H](C)c2cccc(C(F)F)c2F)c2cc3c(cc2n1)OCC1(COC1)CO3. The highest BCUT2D eigenvalue weighted by Crippen LogP contribution is 2.41. The molecule has 2 aromatic carbocycles. The highest BCUT2D eigenvalue weighted by molar-refractivity contribution is 5.92. The van der Waals surface area contributed by atoms with Gasteiger partial charge in [0, 0.05) is 17.0 Å². The highest BCUT2D eigenvalue weighted by atomic mass is 19.3. The van der Waals surface area contributed by atoms with Crippen LogP contribution in [0, 0.1) is 18.2 Å². The van der Waals surface area contributed by atoms with Gasteiger partial charge >= 0.3 is 0 Å². The molecule has 9 heteroatoms. The lowest BCUT2D eigenvalue weighted by atomic mass is 9.88. The van der Waals surface area contributed by atoms with Crippen molar-refractivity contribution >= 4 is 16.7 Å². The molecule has 1 fully saturated rings. The lowest BCUT2D eigenvalue weighted by Gasteiger charge is -2.38. The summed E-state index contributed by atoms with van der Waals surface area (Å²) in [5, 5.41) is 3.82. The Balaban J connectivity index is 1.50. The molecule has 1 spiro atoms. The van der Waals surface area contributed by atoms with Crippen LogP contribution < -0.4 is 14.8 Å². The lowest BCUT2D eigenvalue weighted by molar-refractivity contribution is -0.143. The number of hydrogen-bond donors (Lipinski definition) is 1. The molecule has 1 saturated heterocycles. The molecule has 6 nitrogen and oxygen atoms in total. The summed E-state index contributed by atoms with van der Waals surface area (Å²) < 4.78 is 58.2. The second-order valence-electron chi connectivity index (χ2n) is 8.42. The van der Waals surface area contributed by atoms with Crippen LogP contribution in [-0.4, -0.2) is 36.4 Å². The molecule has 0 aliphatic carbocycles. The molecule has 3 heterocycles. The lowest BCUT2D eigenvalue weighted by Crippen LogP contribution is -2.50. The number of rotatable bonds is 4. The average molecular weight is 445 g/mol. The van der Waals surface area contributed by atoms with E-state index in [1.54, 1.807) is 26.0 Å². The second kappa shape index (κ2) is 7.81. The van der Waals surface area contributed by atoms with Gasteiger partial charge in [-0.3, -0.25) is 0 Å². The normalized spacial score (nSPS) is 17.8. The van der Waals surface area contributed by atoms with Crippen LogP contribution in [0.5, 0.6) is 11.5 Å². The smallest absolute Gasteiger partial charge is 0.266 e. The number of alkyl halides is 2. The van der Waals surface area contributed by atoms with E-state index in [1.165, 1.54) is 12.1 Å². The third-order valence-electron chi connectivity index (χ3n) is 5.87. The number of hydrogen-bond acceptors (Lipinski definition) is 6. The van der Waals surface area contributed by atoms with Crippen LogP contribution in [-0.2, 0) is 4.74 Å². The van der Waals surface area contributed by atoms with Crippen molar-refractivity contribution < 1.29 is 27.4 Å². The predicted molar refractivity (Wildman–Crippen MR) is 112 cm³/mol. The molecule has 168 valence electrons. The molecular weight excluding hydrogens is 423 g/mol. The first-order valence-corrected chi connectivity index (χ1v) is 10.3. The van der Waals surface area contributed by atoms with Crippen LogP contribution in [0.25, 0.3) is 10.9 Å². The Kier molecular flexibility index (Phi) is 5.08.